The number of amides is 1. The van der Waals surface area contributed by atoms with E-state index < -0.39 is 0 Å². The van der Waals surface area contributed by atoms with Gasteiger partial charge in [0.05, 0.1) is 11.7 Å². The van der Waals surface area contributed by atoms with Crippen LogP contribution in [0.25, 0.3) is 10.9 Å². The highest BCUT2D eigenvalue weighted by Crippen LogP contribution is 2.42. The summed E-state index contributed by atoms with van der Waals surface area (Å²) in [6.45, 7) is 11.4. The Kier molecular flexibility index (Phi) is 5.00. The van der Waals surface area contributed by atoms with E-state index in [-0.39, 0.29) is 5.91 Å². The van der Waals surface area contributed by atoms with Crippen LogP contribution in [0.5, 0.6) is 0 Å². The monoisotopic (exact) mass is 415 g/mol. The molecular formula is C25H29N5O. The molecule has 1 fully saturated rings. The fourth-order valence-electron chi connectivity index (χ4n) is 5.42. The number of H-pyrrole nitrogens is 1. The van der Waals surface area contributed by atoms with Gasteiger partial charge in [-0.25, -0.2) is 0 Å². The minimum Gasteiger partial charge on any atom is -0.368 e. The molecule has 5 rings (SSSR count). The van der Waals surface area contributed by atoms with E-state index >= 15 is 0 Å². The number of hydrogen-bond acceptors (Lipinski definition) is 4. The molecule has 6 nitrogen and oxygen atoms in total. The summed E-state index contributed by atoms with van der Waals surface area (Å²) in [6.07, 6.45) is 7.29. The lowest BCUT2D eigenvalue weighted by molar-refractivity contribution is -0.126. The van der Waals surface area contributed by atoms with Crippen molar-refractivity contribution in [2.45, 2.75) is 32.6 Å². The Labute approximate surface area is 183 Å². The smallest absolute Gasteiger partial charge is 0.246 e. The third-order valence-electron chi connectivity index (χ3n) is 7.11. The van der Waals surface area contributed by atoms with Crippen LogP contribution in [0.1, 0.15) is 35.2 Å². The molecule has 0 unspecified atom stereocenters. The summed E-state index contributed by atoms with van der Waals surface area (Å²) in [4.78, 5) is 21.0. The van der Waals surface area contributed by atoms with Gasteiger partial charge in [0.25, 0.3) is 0 Å². The summed E-state index contributed by atoms with van der Waals surface area (Å²) in [6, 6.07) is 6.47. The average molecular weight is 416 g/mol. The van der Waals surface area contributed by atoms with Gasteiger partial charge in [0.2, 0.25) is 5.91 Å². The zero-order valence-corrected chi connectivity index (χ0v) is 18.3. The van der Waals surface area contributed by atoms with Crippen LogP contribution in [0.2, 0.25) is 0 Å². The van der Waals surface area contributed by atoms with Gasteiger partial charge in [0, 0.05) is 49.1 Å². The van der Waals surface area contributed by atoms with Crippen molar-refractivity contribution >= 4 is 22.5 Å². The third kappa shape index (κ3) is 3.40. The van der Waals surface area contributed by atoms with E-state index in [2.05, 4.69) is 53.7 Å². The lowest BCUT2D eigenvalue weighted by Crippen LogP contribution is -2.48. The molecule has 3 aromatic rings. The van der Waals surface area contributed by atoms with Gasteiger partial charge in [0.1, 0.15) is 0 Å². The Morgan fingerprint density at radius 1 is 1.19 bits per heavy atom. The summed E-state index contributed by atoms with van der Waals surface area (Å²) in [5, 5.41) is 8.64. The van der Waals surface area contributed by atoms with Crippen molar-refractivity contribution in [3.63, 3.8) is 0 Å². The number of hydrogen-bond donors (Lipinski definition) is 1. The first kappa shape index (κ1) is 19.8. The number of piperazine rings is 1. The summed E-state index contributed by atoms with van der Waals surface area (Å²) in [7, 11) is 0. The molecule has 1 aromatic carbocycles. The number of carbonyl (C=O) groups excluding carboxylic acids is 1. The first-order chi connectivity index (χ1) is 15.1. The number of rotatable bonds is 3. The van der Waals surface area contributed by atoms with Crippen molar-refractivity contribution in [3.05, 3.63) is 65.6 Å². The molecule has 1 aliphatic carbocycles. The molecule has 0 spiro atoms. The van der Waals surface area contributed by atoms with Gasteiger partial charge in [0.15, 0.2) is 0 Å². The maximum Gasteiger partial charge on any atom is 0.246 e. The number of carbonyl (C=O) groups is 1. The third-order valence-corrected chi connectivity index (χ3v) is 7.11. The number of nitrogens with zero attached hydrogens (tertiary/aromatic N) is 4. The molecule has 3 heterocycles. The zero-order chi connectivity index (χ0) is 21.5. The SMILES string of the molecule is C=CC(=O)N1CCN(c2ccnc3c2C[C@H](C)[C@@H](c2c(C)ccc4[nH]ncc24)C3)CC1. The molecule has 0 saturated carbocycles. The number of anilines is 1. The molecular weight excluding hydrogens is 386 g/mol. The first-order valence-corrected chi connectivity index (χ1v) is 11.1. The minimum absolute atomic E-state index is 0.0247. The van der Waals surface area contributed by atoms with Crippen molar-refractivity contribution in [1.82, 2.24) is 20.1 Å². The Morgan fingerprint density at radius 3 is 2.77 bits per heavy atom. The van der Waals surface area contributed by atoms with Crippen LogP contribution in [0, 0.1) is 12.8 Å². The highest BCUT2D eigenvalue weighted by Gasteiger charge is 2.32. The van der Waals surface area contributed by atoms with Gasteiger partial charge in [-0.15, -0.1) is 0 Å². The number of benzene rings is 1. The lowest BCUT2D eigenvalue weighted by Gasteiger charge is -2.39. The van der Waals surface area contributed by atoms with E-state index in [4.69, 9.17) is 4.98 Å². The van der Waals surface area contributed by atoms with Gasteiger partial charge in [-0.1, -0.05) is 19.6 Å². The van der Waals surface area contributed by atoms with Crippen molar-refractivity contribution in [2.75, 3.05) is 31.1 Å². The zero-order valence-electron chi connectivity index (χ0n) is 18.3. The fourth-order valence-corrected chi connectivity index (χ4v) is 5.42. The predicted molar refractivity (Wildman–Crippen MR) is 123 cm³/mol. The van der Waals surface area contributed by atoms with E-state index in [0.717, 1.165) is 44.5 Å². The van der Waals surface area contributed by atoms with Gasteiger partial charge in [-0.3, -0.25) is 14.9 Å². The second kappa shape index (κ2) is 7.84. The molecule has 160 valence electrons. The molecule has 2 aliphatic rings. The number of pyridine rings is 1. The number of aromatic nitrogens is 3. The van der Waals surface area contributed by atoms with Gasteiger partial charge < -0.3 is 9.80 Å². The highest BCUT2D eigenvalue weighted by atomic mass is 16.2. The molecule has 31 heavy (non-hydrogen) atoms. The number of aryl methyl sites for hydroxylation is 1. The molecule has 2 aromatic heterocycles. The summed E-state index contributed by atoms with van der Waals surface area (Å²) < 4.78 is 0. The molecule has 1 aliphatic heterocycles. The molecule has 6 heteroatoms. The van der Waals surface area contributed by atoms with Crippen LogP contribution in [-0.2, 0) is 17.6 Å². The van der Waals surface area contributed by atoms with E-state index in [1.807, 2.05) is 17.3 Å². The summed E-state index contributed by atoms with van der Waals surface area (Å²) >= 11 is 0. The Balaban J connectivity index is 1.44. The van der Waals surface area contributed by atoms with Crippen molar-refractivity contribution < 1.29 is 4.79 Å². The van der Waals surface area contributed by atoms with E-state index in [1.165, 1.54) is 39.5 Å². The van der Waals surface area contributed by atoms with Crippen LogP contribution in [0.3, 0.4) is 0 Å². The van der Waals surface area contributed by atoms with Crippen LogP contribution < -0.4 is 4.90 Å². The lowest BCUT2D eigenvalue weighted by atomic mass is 9.73. The van der Waals surface area contributed by atoms with E-state index in [1.54, 1.807) is 0 Å². The Hall–Kier alpha value is -3.15. The normalized spacial score (nSPS) is 21.2. The first-order valence-electron chi connectivity index (χ1n) is 11.1. The average Bonchev–Trinajstić information content (AvgIpc) is 3.27. The van der Waals surface area contributed by atoms with Crippen molar-refractivity contribution in [2.24, 2.45) is 5.92 Å². The fraction of sp³-hybridized carbons (Fsp3) is 0.400. The van der Waals surface area contributed by atoms with E-state index in [0.29, 0.717) is 11.8 Å². The predicted octanol–water partition coefficient (Wildman–Crippen LogP) is 3.62. The highest BCUT2D eigenvalue weighted by molar-refractivity contribution is 5.87. The molecule has 0 radical (unpaired) electrons. The molecule has 1 N–H and O–H groups in total. The van der Waals surface area contributed by atoms with Crippen LogP contribution in [0.15, 0.2) is 43.2 Å². The maximum absolute atomic E-state index is 11.9. The summed E-state index contributed by atoms with van der Waals surface area (Å²) in [5.74, 6) is 0.966. The largest absolute Gasteiger partial charge is 0.368 e. The quantitative estimate of drug-likeness (QED) is 0.664. The van der Waals surface area contributed by atoms with Gasteiger partial charge in [-0.2, -0.15) is 5.10 Å². The topological polar surface area (TPSA) is 65.1 Å². The Morgan fingerprint density at radius 2 is 2.00 bits per heavy atom. The van der Waals surface area contributed by atoms with Crippen LogP contribution in [0.4, 0.5) is 5.69 Å². The second-order valence-corrected chi connectivity index (χ2v) is 8.89. The standard InChI is InChI=1S/C25H29N5O/c1-4-24(31)30-11-9-29(10-12-30)23-7-8-26-22-14-18(17(3)13-19(22)23)25-16(2)5-6-21-20(25)15-27-28-21/h4-8,15,17-18H,1,9-14H2,2-3H3,(H,27,28)/t17-,18-/m0/s1. The van der Waals surface area contributed by atoms with Crippen LogP contribution in [-0.4, -0.2) is 52.2 Å². The van der Waals surface area contributed by atoms with E-state index in [9.17, 15) is 4.79 Å². The van der Waals surface area contributed by atoms with Gasteiger partial charge in [-0.05, 0) is 66.5 Å². The molecule has 1 amide bonds. The minimum atomic E-state index is 0.0247. The Bertz CT molecular complexity index is 1140. The van der Waals surface area contributed by atoms with Crippen molar-refractivity contribution in [3.8, 4) is 0 Å². The second-order valence-electron chi connectivity index (χ2n) is 8.89. The maximum atomic E-state index is 11.9. The van der Waals surface area contributed by atoms with Gasteiger partial charge >= 0.3 is 0 Å². The van der Waals surface area contributed by atoms with Crippen molar-refractivity contribution in [1.29, 1.82) is 0 Å². The molecule has 1 saturated heterocycles. The number of aromatic amines is 1. The summed E-state index contributed by atoms with van der Waals surface area (Å²) in [5.41, 5.74) is 7.73. The molecule has 2 atom stereocenters. The number of fused-ring (bicyclic) bond motifs is 2. The number of nitrogens with one attached hydrogen (secondary N) is 1. The molecule has 0 bridgehead atoms. The van der Waals surface area contributed by atoms with Crippen LogP contribution >= 0.6 is 0 Å².